The molecule has 0 saturated carbocycles. The van der Waals surface area contributed by atoms with Gasteiger partial charge in [0.05, 0.1) is 11.0 Å². The fourth-order valence-corrected chi connectivity index (χ4v) is 3.73. The summed E-state index contributed by atoms with van der Waals surface area (Å²) in [6.45, 7) is 4.00. The molecule has 5 rings (SSSR count). The summed E-state index contributed by atoms with van der Waals surface area (Å²) >= 11 is 0. The molecule has 1 aliphatic rings. The normalized spacial score (nSPS) is 13.0. The van der Waals surface area contributed by atoms with Gasteiger partial charge in [-0.25, -0.2) is 0 Å². The van der Waals surface area contributed by atoms with Gasteiger partial charge >= 0.3 is 0 Å². The van der Waals surface area contributed by atoms with E-state index in [1.54, 1.807) is 0 Å². The molecule has 0 amide bonds. The topological polar surface area (TPSA) is 25.8 Å². The molecule has 0 aliphatic heterocycles. The number of benzene rings is 2. The van der Waals surface area contributed by atoms with Gasteiger partial charge in [-0.3, -0.25) is 9.97 Å². The van der Waals surface area contributed by atoms with E-state index in [9.17, 15) is 0 Å². The highest BCUT2D eigenvalue weighted by atomic mass is 14.7. The van der Waals surface area contributed by atoms with Crippen LogP contribution >= 0.6 is 0 Å². The van der Waals surface area contributed by atoms with Crippen LogP contribution in [0.1, 0.15) is 25.8 Å². The van der Waals surface area contributed by atoms with Crippen molar-refractivity contribution >= 4 is 27.4 Å². The zero-order valence-corrected chi connectivity index (χ0v) is 16.8. The largest absolute Gasteiger partial charge is 0.254 e. The van der Waals surface area contributed by atoms with E-state index in [4.69, 9.17) is 4.98 Å². The summed E-state index contributed by atoms with van der Waals surface area (Å²) in [4.78, 5) is 9.38. The first-order valence-corrected chi connectivity index (χ1v) is 10.2. The van der Waals surface area contributed by atoms with Crippen LogP contribution in [0.5, 0.6) is 0 Å². The van der Waals surface area contributed by atoms with Crippen molar-refractivity contribution in [3.63, 3.8) is 0 Å². The highest BCUT2D eigenvalue weighted by Gasteiger charge is 2.12. The Labute approximate surface area is 172 Å². The highest BCUT2D eigenvalue weighted by Crippen LogP contribution is 2.34. The molecule has 0 radical (unpaired) electrons. The zero-order valence-electron chi connectivity index (χ0n) is 16.8. The van der Waals surface area contributed by atoms with E-state index >= 15 is 0 Å². The lowest BCUT2D eigenvalue weighted by Crippen LogP contribution is -1.91. The summed E-state index contributed by atoms with van der Waals surface area (Å²) in [5.74, 6) is 0. The van der Waals surface area contributed by atoms with Crippen molar-refractivity contribution in [1.29, 1.82) is 0 Å². The van der Waals surface area contributed by atoms with E-state index in [1.165, 1.54) is 22.3 Å². The number of nitrogens with zero attached hydrogens (tertiary/aromatic N) is 2. The lowest BCUT2D eigenvalue weighted by Gasteiger charge is -2.11. The number of fused-ring (bicyclic) bond motifs is 3. The molecule has 0 atom stereocenters. The zero-order chi connectivity index (χ0) is 20.1. The number of hydrogen-bond donors (Lipinski definition) is 0. The van der Waals surface area contributed by atoms with Crippen molar-refractivity contribution in [3.8, 4) is 11.1 Å². The van der Waals surface area contributed by atoms with Crippen LogP contribution in [0, 0.1) is 0 Å². The second kappa shape index (κ2) is 8.66. The van der Waals surface area contributed by atoms with Crippen LogP contribution in [0.25, 0.3) is 38.5 Å². The Morgan fingerprint density at radius 3 is 2.07 bits per heavy atom. The molecule has 4 aromatic rings. The smallest absolute Gasteiger partial charge is 0.0970 e. The predicted octanol–water partition coefficient (Wildman–Crippen LogP) is 7.38. The molecule has 0 N–H and O–H groups in total. The molecule has 2 aromatic heterocycles. The van der Waals surface area contributed by atoms with Crippen molar-refractivity contribution in [1.82, 2.24) is 9.97 Å². The Hall–Kier alpha value is -3.52. The first kappa shape index (κ1) is 18.8. The van der Waals surface area contributed by atoms with Crippen LogP contribution in [0.15, 0.2) is 97.4 Å². The highest BCUT2D eigenvalue weighted by molar-refractivity contribution is 6.10. The van der Waals surface area contributed by atoms with Gasteiger partial charge in [-0.1, -0.05) is 86.7 Å². The summed E-state index contributed by atoms with van der Waals surface area (Å²) in [5.41, 5.74) is 6.72. The van der Waals surface area contributed by atoms with Crippen molar-refractivity contribution in [3.05, 3.63) is 103 Å². The number of hydrogen-bond acceptors (Lipinski definition) is 2. The maximum atomic E-state index is 4.69. The van der Waals surface area contributed by atoms with Crippen molar-refractivity contribution in [2.45, 2.75) is 20.3 Å². The predicted molar refractivity (Wildman–Crippen MR) is 125 cm³/mol. The van der Waals surface area contributed by atoms with E-state index < -0.39 is 0 Å². The average molecular weight is 377 g/mol. The number of pyridine rings is 2. The first-order valence-electron chi connectivity index (χ1n) is 10.2. The van der Waals surface area contributed by atoms with Gasteiger partial charge < -0.3 is 0 Å². The quantitative estimate of drug-likeness (QED) is 0.341. The molecule has 29 heavy (non-hydrogen) atoms. The van der Waals surface area contributed by atoms with E-state index in [2.05, 4.69) is 83.9 Å². The van der Waals surface area contributed by atoms with Crippen LogP contribution in [0.4, 0.5) is 0 Å². The number of allylic oxidation sites excluding steroid dienone is 6. The standard InChI is InChI=1S/C25H18N2.C2H6/c1-2-5-9-18(8-4-1)20-14-16-26-24-22(20)12-13-23-21(15-17-27-25(23)24)19-10-6-3-7-11-19;1-2/h1-4,6-17H,5H2;1-2H3. The van der Waals surface area contributed by atoms with Gasteiger partial charge in [-0.2, -0.15) is 0 Å². The Balaban J connectivity index is 0.000000994. The maximum Gasteiger partial charge on any atom is 0.0970 e. The van der Waals surface area contributed by atoms with Crippen LogP contribution in [0.3, 0.4) is 0 Å². The van der Waals surface area contributed by atoms with Crippen molar-refractivity contribution < 1.29 is 0 Å². The third-order valence-electron chi connectivity index (χ3n) is 5.01. The molecule has 1 aliphatic carbocycles. The molecular weight excluding hydrogens is 352 g/mol. The molecule has 0 fully saturated rings. The van der Waals surface area contributed by atoms with Gasteiger partial charge in [0, 0.05) is 23.2 Å². The van der Waals surface area contributed by atoms with Crippen molar-refractivity contribution in [2.75, 3.05) is 0 Å². The fourth-order valence-electron chi connectivity index (χ4n) is 3.73. The van der Waals surface area contributed by atoms with Gasteiger partial charge in [0.15, 0.2) is 0 Å². The first-order chi connectivity index (χ1) is 14.4. The number of rotatable bonds is 2. The van der Waals surface area contributed by atoms with E-state index in [0.29, 0.717) is 0 Å². The third-order valence-corrected chi connectivity index (χ3v) is 5.01. The maximum absolute atomic E-state index is 4.69. The van der Waals surface area contributed by atoms with Crippen molar-refractivity contribution in [2.24, 2.45) is 0 Å². The third kappa shape index (κ3) is 3.62. The van der Waals surface area contributed by atoms with E-state index in [1.807, 2.05) is 32.3 Å². The summed E-state index contributed by atoms with van der Waals surface area (Å²) in [6, 6.07) is 19.0. The van der Waals surface area contributed by atoms with Gasteiger partial charge in [-0.15, -0.1) is 0 Å². The van der Waals surface area contributed by atoms with Gasteiger partial charge in [0.2, 0.25) is 0 Å². The Morgan fingerprint density at radius 1 is 0.690 bits per heavy atom. The van der Waals surface area contributed by atoms with Crippen LogP contribution in [-0.4, -0.2) is 9.97 Å². The van der Waals surface area contributed by atoms with Crippen LogP contribution in [-0.2, 0) is 0 Å². The summed E-state index contributed by atoms with van der Waals surface area (Å²) < 4.78 is 0. The minimum atomic E-state index is 0.941. The summed E-state index contributed by atoms with van der Waals surface area (Å²) in [6.07, 6.45) is 15.5. The lowest BCUT2D eigenvalue weighted by atomic mass is 9.96. The van der Waals surface area contributed by atoms with E-state index in [-0.39, 0.29) is 0 Å². The second-order valence-electron chi connectivity index (χ2n) is 6.62. The van der Waals surface area contributed by atoms with Gasteiger partial charge in [0.1, 0.15) is 0 Å². The molecule has 2 aromatic carbocycles. The Bertz CT molecular complexity index is 1230. The Morgan fingerprint density at radius 2 is 1.34 bits per heavy atom. The van der Waals surface area contributed by atoms with E-state index in [0.717, 1.165) is 28.2 Å². The molecule has 2 heteroatoms. The lowest BCUT2D eigenvalue weighted by molar-refractivity contribution is 1.36. The monoisotopic (exact) mass is 376 g/mol. The average Bonchev–Trinajstić information content (AvgIpc) is 3.09. The molecular formula is C27H24N2. The summed E-state index contributed by atoms with van der Waals surface area (Å²) in [7, 11) is 0. The molecule has 0 unspecified atom stereocenters. The SMILES string of the molecule is C1=CCC=C(c2ccnc3c2ccc2c(-c4ccccc4)ccnc23)C=C1.CC. The minimum Gasteiger partial charge on any atom is -0.254 e. The molecule has 0 spiro atoms. The van der Waals surface area contributed by atoms with Gasteiger partial charge in [0.25, 0.3) is 0 Å². The molecule has 2 nitrogen and oxygen atoms in total. The fraction of sp³-hybridized carbons (Fsp3) is 0.111. The molecule has 142 valence electrons. The minimum absolute atomic E-state index is 0.941. The number of aromatic nitrogens is 2. The molecule has 2 heterocycles. The van der Waals surface area contributed by atoms with Gasteiger partial charge in [-0.05, 0) is 40.8 Å². The Kier molecular flexibility index (Phi) is 5.62. The molecule has 0 bridgehead atoms. The second-order valence-corrected chi connectivity index (χ2v) is 6.62. The van der Waals surface area contributed by atoms with Crippen LogP contribution in [0.2, 0.25) is 0 Å². The van der Waals surface area contributed by atoms with Crippen LogP contribution < -0.4 is 0 Å². The summed E-state index contributed by atoms with van der Waals surface area (Å²) in [5, 5.41) is 2.27. The molecule has 0 saturated heterocycles.